The maximum atomic E-state index is 5.94. The summed E-state index contributed by atoms with van der Waals surface area (Å²) in [6.45, 7) is 3.06. The molecule has 2 rings (SSSR count). The van der Waals surface area contributed by atoms with Gasteiger partial charge in [0.15, 0.2) is 0 Å². The Morgan fingerprint density at radius 2 is 2.25 bits per heavy atom. The van der Waals surface area contributed by atoms with E-state index >= 15 is 0 Å². The molecule has 0 saturated carbocycles. The van der Waals surface area contributed by atoms with Gasteiger partial charge in [-0.05, 0) is 64.0 Å². The van der Waals surface area contributed by atoms with Crippen LogP contribution in [0.5, 0.6) is 5.75 Å². The van der Waals surface area contributed by atoms with Crippen LogP contribution < -0.4 is 10.1 Å². The van der Waals surface area contributed by atoms with Crippen molar-refractivity contribution in [3.8, 4) is 5.75 Å². The first kappa shape index (κ1) is 15.6. The third-order valence-corrected chi connectivity index (χ3v) is 3.99. The third kappa shape index (κ3) is 5.31. The number of benzene rings is 1. The number of nitrogens with one attached hydrogen (secondary N) is 1. The molecular weight excluding hydrogens is 272 g/mol. The lowest BCUT2D eigenvalue weighted by Crippen LogP contribution is -2.41. The van der Waals surface area contributed by atoms with Gasteiger partial charge in [0.1, 0.15) is 5.75 Å². The molecule has 1 heterocycles. The summed E-state index contributed by atoms with van der Waals surface area (Å²) in [6.07, 6.45) is 3.58. The van der Waals surface area contributed by atoms with E-state index in [0.717, 1.165) is 36.3 Å². The van der Waals surface area contributed by atoms with Gasteiger partial charge >= 0.3 is 0 Å². The highest BCUT2D eigenvalue weighted by molar-refractivity contribution is 6.30. The average molecular weight is 297 g/mol. The lowest BCUT2D eigenvalue weighted by molar-refractivity contribution is 0.210. The largest absolute Gasteiger partial charge is 0.493 e. The van der Waals surface area contributed by atoms with Crippen LogP contribution in [0.4, 0.5) is 0 Å². The van der Waals surface area contributed by atoms with Crippen LogP contribution in [0.25, 0.3) is 0 Å². The van der Waals surface area contributed by atoms with E-state index in [2.05, 4.69) is 24.3 Å². The van der Waals surface area contributed by atoms with Crippen LogP contribution >= 0.6 is 11.6 Å². The first-order chi connectivity index (χ1) is 9.63. The summed E-state index contributed by atoms with van der Waals surface area (Å²) >= 11 is 5.94. The molecule has 1 aliphatic rings. The van der Waals surface area contributed by atoms with Crippen molar-refractivity contribution in [2.24, 2.45) is 5.92 Å². The Morgan fingerprint density at radius 1 is 1.40 bits per heavy atom. The van der Waals surface area contributed by atoms with E-state index in [1.807, 2.05) is 24.3 Å². The maximum Gasteiger partial charge on any atom is 0.120 e. The number of ether oxygens (including phenoxy) is 1. The second-order valence-electron chi connectivity index (χ2n) is 5.90. The van der Waals surface area contributed by atoms with E-state index in [4.69, 9.17) is 16.3 Å². The zero-order valence-electron chi connectivity index (χ0n) is 12.4. The number of hydrogen-bond acceptors (Lipinski definition) is 3. The van der Waals surface area contributed by atoms with Crippen molar-refractivity contribution in [3.63, 3.8) is 0 Å². The fraction of sp³-hybridized carbons (Fsp3) is 0.625. The van der Waals surface area contributed by atoms with Crippen LogP contribution in [0.2, 0.25) is 5.02 Å². The summed E-state index contributed by atoms with van der Waals surface area (Å²) in [5.74, 6) is 1.67. The van der Waals surface area contributed by atoms with Gasteiger partial charge in [0.2, 0.25) is 0 Å². The molecule has 1 aromatic carbocycles. The number of halogens is 1. The lowest BCUT2D eigenvalue weighted by Gasteiger charge is -2.32. The Labute approximate surface area is 127 Å². The molecule has 2 unspecified atom stereocenters. The molecule has 3 nitrogen and oxygen atoms in total. The molecular formula is C16H25ClN2O. The fourth-order valence-electron chi connectivity index (χ4n) is 2.87. The van der Waals surface area contributed by atoms with E-state index in [-0.39, 0.29) is 0 Å². The van der Waals surface area contributed by atoms with Gasteiger partial charge in [0, 0.05) is 17.6 Å². The summed E-state index contributed by atoms with van der Waals surface area (Å²) < 4.78 is 5.77. The SMILES string of the molecule is CN(C)CC1CCNC(CCOc2cccc(Cl)c2)C1. The standard InChI is InChI=1S/C16H25ClN2O/c1-19(2)12-13-6-8-18-15(10-13)7-9-20-16-5-3-4-14(17)11-16/h3-5,11,13,15,18H,6-10,12H2,1-2H3. The zero-order valence-corrected chi connectivity index (χ0v) is 13.2. The van der Waals surface area contributed by atoms with Crippen LogP contribution in [0.1, 0.15) is 19.3 Å². The van der Waals surface area contributed by atoms with E-state index in [9.17, 15) is 0 Å². The van der Waals surface area contributed by atoms with E-state index in [1.165, 1.54) is 19.4 Å². The van der Waals surface area contributed by atoms with Gasteiger partial charge in [-0.1, -0.05) is 17.7 Å². The van der Waals surface area contributed by atoms with Gasteiger partial charge in [-0.2, -0.15) is 0 Å². The van der Waals surface area contributed by atoms with E-state index in [0.29, 0.717) is 6.04 Å². The van der Waals surface area contributed by atoms with E-state index in [1.54, 1.807) is 0 Å². The Kier molecular flexibility index (Phi) is 6.14. The molecule has 1 aliphatic heterocycles. The number of piperidine rings is 1. The Bertz CT molecular complexity index is 411. The second kappa shape index (κ2) is 7.87. The highest BCUT2D eigenvalue weighted by Gasteiger charge is 2.21. The summed E-state index contributed by atoms with van der Waals surface area (Å²) in [6, 6.07) is 8.18. The maximum absolute atomic E-state index is 5.94. The second-order valence-corrected chi connectivity index (χ2v) is 6.33. The predicted octanol–water partition coefficient (Wildman–Crippen LogP) is 3.04. The van der Waals surface area contributed by atoms with Crippen molar-refractivity contribution >= 4 is 11.6 Å². The fourth-order valence-corrected chi connectivity index (χ4v) is 3.05. The summed E-state index contributed by atoms with van der Waals surface area (Å²) in [5, 5.41) is 4.32. The van der Waals surface area contributed by atoms with Crippen LogP contribution in [0, 0.1) is 5.92 Å². The van der Waals surface area contributed by atoms with Gasteiger partial charge in [-0.25, -0.2) is 0 Å². The minimum atomic E-state index is 0.577. The highest BCUT2D eigenvalue weighted by Crippen LogP contribution is 2.20. The molecule has 1 aromatic rings. The van der Waals surface area contributed by atoms with Crippen molar-refractivity contribution < 1.29 is 4.74 Å². The topological polar surface area (TPSA) is 24.5 Å². The molecule has 0 aliphatic carbocycles. The molecule has 4 heteroatoms. The van der Waals surface area contributed by atoms with Gasteiger partial charge in [0.25, 0.3) is 0 Å². The molecule has 1 fully saturated rings. The normalized spacial score (nSPS) is 23.0. The zero-order chi connectivity index (χ0) is 14.4. The van der Waals surface area contributed by atoms with Crippen molar-refractivity contribution in [3.05, 3.63) is 29.3 Å². The van der Waals surface area contributed by atoms with E-state index < -0.39 is 0 Å². The Hall–Kier alpha value is -0.770. The summed E-state index contributed by atoms with van der Waals surface area (Å²) in [7, 11) is 4.30. The molecule has 112 valence electrons. The molecule has 20 heavy (non-hydrogen) atoms. The molecule has 1 saturated heterocycles. The monoisotopic (exact) mass is 296 g/mol. The molecule has 0 amide bonds. The minimum Gasteiger partial charge on any atom is -0.493 e. The van der Waals surface area contributed by atoms with Crippen LogP contribution in [0.3, 0.4) is 0 Å². The first-order valence-electron chi connectivity index (χ1n) is 7.40. The third-order valence-electron chi connectivity index (χ3n) is 3.76. The van der Waals surface area contributed by atoms with Gasteiger partial charge in [-0.15, -0.1) is 0 Å². The molecule has 0 spiro atoms. The highest BCUT2D eigenvalue weighted by atomic mass is 35.5. The van der Waals surface area contributed by atoms with Crippen molar-refractivity contribution in [2.45, 2.75) is 25.3 Å². The average Bonchev–Trinajstić information content (AvgIpc) is 2.38. The summed E-state index contributed by atoms with van der Waals surface area (Å²) in [4.78, 5) is 2.29. The number of rotatable bonds is 6. The van der Waals surface area contributed by atoms with Crippen molar-refractivity contribution in [2.75, 3.05) is 33.8 Å². The van der Waals surface area contributed by atoms with Gasteiger partial charge < -0.3 is 15.0 Å². The first-order valence-corrected chi connectivity index (χ1v) is 7.78. The molecule has 1 N–H and O–H groups in total. The van der Waals surface area contributed by atoms with Crippen molar-refractivity contribution in [1.82, 2.24) is 10.2 Å². The lowest BCUT2D eigenvalue weighted by atomic mass is 9.91. The summed E-state index contributed by atoms with van der Waals surface area (Å²) in [5.41, 5.74) is 0. The number of hydrogen-bond donors (Lipinski definition) is 1. The quantitative estimate of drug-likeness (QED) is 0.873. The molecule has 0 bridgehead atoms. The Morgan fingerprint density at radius 3 is 3.00 bits per heavy atom. The number of nitrogens with zero attached hydrogens (tertiary/aromatic N) is 1. The van der Waals surface area contributed by atoms with Gasteiger partial charge in [-0.3, -0.25) is 0 Å². The van der Waals surface area contributed by atoms with Crippen molar-refractivity contribution in [1.29, 1.82) is 0 Å². The van der Waals surface area contributed by atoms with Gasteiger partial charge in [0.05, 0.1) is 6.61 Å². The molecule has 0 radical (unpaired) electrons. The van der Waals surface area contributed by atoms with Crippen LogP contribution in [-0.4, -0.2) is 44.7 Å². The molecule has 0 aromatic heterocycles. The smallest absolute Gasteiger partial charge is 0.120 e. The van der Waals surface area contributed by atoms with Crippen LogP contribution in [-0.2, 0) is 0 Å². The predicted molar refractivity (Wildman–Crippen MR) is 84.6 cm³/mol. The minimum absolute atomic E-state index is 0.577. The van der Waals surface area contributed by atoms with Crippen LogP contribution in [0.15, 0.2) is 24.3 Å². The molecule has 2 atom stereocenters. The Balaban J connectivity index is 1.71.